The molecule has 4 nitrogen and oxygen atoms in total. The predicted molar refractivity (Wildman–Crippen MR) is 60.5 cm³/mol. The van der Waals surface area contributed by atoms with Gasteiger partial charge in [0.05, 0.1) is 18.2 Å². The fourth-order valence-corrected chi connectivity index (χ4v) is 1.64. The number of aryl methyl sites for hydroxylation is 1. The van der Waals surface area contributed by atoms with Gasteiger partial charge in [0.1, 0.15) is 0 Å². The molecule has 0 saturated heterocycles. The van der Waals surface area contributed by atoms with Gasteiger partial charge in [-0.3, -0.25) is 4.79 Å². The number of rotatable bonds is 1. The molecule has 0 fully saturated rings. The summed E-state index contributed by atoms with van der Waals surface area (Å²) in [4.78, 5) is 23.0. The van der Waals surface area contributed by atoms with Crippen molar-refractivity contribution in [3.05, 3.63) is 46.2 Å². The Morgan fingerprint density at radius 1 is 1.31 bits per heavy atom. The molecule has 4 heteroatoms. The lowest BCUT2D eigenvalue weighted by atomic mass is 10.1. The number of fused-ring (bicyclic) bond motifs is 1. The van der Waals surface area contributed by atoms with Crippen molar-refractivity contribution in [2.75, 3.05) is 7.11 Å². The summed E-state index contributed by atoms with van der Waals surface area (Å²) >= 11 is 0. The van der Waals surface area contributed by atoms with Crippen LogP contribution in [0.1, 0.15) is 10.4 Å². The minimum Gasteiger partial charge on any atom is -0.465 e. The summed E-state index contributed by atoms with van der Waals surface area (Å²) in [5.41, 5.74) is 1.08. The number of carbonyl (C=O) groups excluding carboxylic acids is 1. The fraction of sp³-hybridized carbons (Fsp3) is 0.167. The van der Waals surface area contributed by atoms with Crippen LogP contribution in [0.15, 0.2) is 35.3 Å². The Hall–Kier alpha value is -2.10. The summed E-state index contributed by atoms with van der Waals surface area (Å²) in [7, 11) is 3.16. The highest BCUT2D eigenvalue weighted by Crippen LogP contribution is 2.12. The van der Waals surface area contributed by atoms with Gasteiger partial charge >= 0.3 is 5.97 Å². The first-order valence-electron chi connectivity index (χ1n) is 4.81. The maximum absolute atomic E-state index is 11.6. The SMILES string of the molecule is COC(=O)c1ccc2c(c1)c(=O)ccn2C. The lowest BCUT2D eigenvalue weighted by molar-refractivity contribution is 0.0601. The van der Waals surface area contributed by atoms with E-state index in [4.69, 9.17) is 0 Å². The van der Waals surface area contributed by atoms with Crippen molar-refractivity contribution < 1.29 is 9.53 Å². The molecule has 0 aliphatic carbocycles. The van der Waals surface area contributed by atoms with Crippen LogP contribution in [0.5, 0.6) is 0 Å². The van der Waals surface area contributed by atoms with Crippen LogP contribution in [0.3, 0.4) is 0 Å². The van der Waals surface area contributed by atoms with Gasteiger partial charge in [-0.15, -0.1) is 0 Å². The minimum atomic E-state index is -0.437. The number of benzene rings is 1. The summed E-state index contributed by atoms with van der Waals surface area (Å²) < 4.78 is 6.44. The van der Waals surface area contributed by atoms with Crippen molar-refractivity contribution in [2.45, 2.75) is 0 Å². The maximum atomic E-state index is 11.6. The highest BCUT2D eigenvalue weighted by atomic mass is 16.5. The summed E-state index contributed by atoms with van der Waals surface area (Å²) in [5.74, 6) is -0.437. The van der Waals surface area contributed by atoms with E-state index in [0.717, 1.165) is 5.52 Å². The second kappa shape index (κ2) is 3.81. The lowest BCUT2D eigenvalue weighted by Gasteiger charge is -2.05. The highest BCUT2D eigenvalue weighted by molar-refractivity contribution is 5.94. The molecular formula is C12H11NO3. The van der Waals surface area contributed by atoms with Crippen LogP contribution in [0.4, 0.5) is 0 Å². The first kappa shape index (κ1) is 10.4. The zero-order chi connectivity index (χ0) is 11.7. The van der Waals surface area contributed by atoms with E-state index in [9.17, 15) is 9.59 Å². The van der Waals surface area contributed by atoms with Crippen LogP contribution >= 0.6 is 0 Å². The van der Waals surface area contributed by atoms with Gasteiger partial charge in [0.15, 0.2) is 5.43 Å². The van der Waals surface area contributed by atoms with Crippen LogP contribution in [0.2, 0.25) is 0 Å². The average molecular weight is 217 g/mol. The fourth-order valence-electron chi connectivity index (χ4n) is 1.64. The van der Waals surface area contributed by atoms with Gasteiger partial charge in [-0.1, -0.05) is 0 Å². The molecule has 0 radical (unpaired) electrons. The quantitative estimate of drug-likeness (QED) is 0.677. The van der Waals surface area contributed by atoms with Crippen molar-refractivity contribution >= 4 is 16.9 Å². The van der Waals surface area contributed by atoms with E-state index >= 15 is 0 Å². The molecular weight excluding hydrogens is 206 g/mol. The zero-order valence-corrected chi connectivity index (χ0v) is 9.06. The molecule has 0 amide bonds. The number of esters is 1. The second-order valence-corrected chi connectivity index (χ2v) is 3.51. The van der Waals surface area contributed by atoms with Gasteiger partial charge in [0.2, 0.25) is 0 Å². The zero-order valence-electron chi connectivity index (χ0n) is 9.06. The Labute approximate surface area is 92.1 Å². The summed E-state index contributed by atoms with van der Waals surface area (Å²) in [5, 5.41) is 0.521. The molecule has 2 aromatic rings. The molecule has 1 heterocycles. The van der Waals surface area contributed by atoms with Crippen LogP contribution in [0, 0.1) is 0 Å². The number of aromatic nitrogens is 1. The lowest BCUT2D eigenvalue weighted by Crippen LogP contribution is -2.07. The van der Waals surface area contributed by atoms with Gasteiger partial charge in [0, 0.05) is 24.7 Å². The Morgan fingerprint density at radius 3 is 2.75 bits per heavy atom. The van der Waals surface area contributed by atoms with E-state index in [-0.39, 0.29) is 5.43 Å². The molecule has 0 saturated carbocycles. The predicted octanol–water partition coefficient (Wildman–Crippen LogP) is 1.33. The molecule has 82 valence electrons. The number of hydrogen-bond acceptors (Lipinski definition) is 3. The summed E-state index contributed by atoms with van der Waals surface area (Å²) in [6, 6.07) is 6.42. The molecule has 0 N–H and O–H groups in total. The third-order valence-electron chi connectivity index (χ3n) is 2.51. The van der Waals surface area contributed by atoms with E-state index in [1.54, 1.807) is 24.4 Å². The van der Waals surface area contributed by atoms with E-state index in [1.165, 1.54) is 13.2 Å². The molecule has 0 bridgehead atoms. The Balaban J connectivity index is 2.76. The topological polar surface area (TPSA) is 48.3 Å². The number of hydrogen-bond donors (Lipinski definition) is 0. The van der Waals surface area contributed by atoms with Crippen molar-refractivity contribution in [3.8, 4) is 0 Å². The first-order valence-corrected chi connectivity index (χ1v) is 4.81. The largest absolute Gasteiger partial charge is 0.465 e. The number of methoxy groups -OCH3 is 1. The number of ether oxygens (including phenoxy) is 1. The van der Waals surface area contributed by atoms with Crippen LogP contribution in [0.25, 0.3) is 10.9 Å². The molecule has 0 aliphatic rings. The van der Waals surface area contributed by atoms with Crippen LogP contribution < -0.4 is 5.43 Å². The smallest absolute Gasteiger partial charge is 0.337 e. The van der Waals surface area contributed by atoms with Gasteiger partial charge in [-0.05, 0) is 18.2 Å². The van der Waals surface area contributed by atoms with Crippen LogP contribution in [-0.4, -0.2) is 17.6 Å². The Morgan fingerprint density at radius 2 is 2.06 bits per heavy atom. The molecule has 1 aromatic carbocycles. The van der Waals surface area contributed by atoms with E-state index < -0.39 is 5.97 Å². The van der Waals surface area contributed by atoms with Gasteiger partial charge in [-0.25, -0.2) is 4.79 Å². The third-order valence-corrected chi connectivity index (χ3v) is 2.51. The summed E-state index contributed by atoms with van der Waals surface area (Å²) in [6.45, 7) is 0. The standard InChI is InChI=1S/C12H11NO3/c1-13-6-5-11(14)9-7-8(12(15)16-2)3-4-10(9)13/h3-7H,1-2H3. The molecule has 2 rings (SSSR count). The molecule has 0 unspecified atom stereocenters. The number of carbonyl (C=O) groups is 1. The van der Waals surface area contributed by atoms with Crippen molar-refractivity contribution in [1.82, 2.24) is 4.57 Å². The van der Waals surface area contributed by atoms with Crippen molar-refractivity contribution in [2.24, 2.45) is 7.05 Å². The molecule has 16 heavy (non-hydrogen) atoms. The van der Waals surface area contributed by atoms with E-state index in [1.807, 2.05) is 11.6 Å². The number of nitrogens with zero attached hydrogens (tertiary/aromatic N) is 1. The first-order chi connectivity index (χ1) is 7.63. The Bertz CT molecular complexity index is 613. The number of pyridine rings is 1. The third kappa shape index (κ3) is 1.58. The van der Waals surface area contributed by atoms with Gasteiger partial charge < -0.3 is 9.30 Å². The molecule has 1 aromatic heterocycles. The maximum Gasteiger partial charge on any atom is 0.337 e. The van der Waals surface area contributed by atoms with E-state index in [0.29, 0.717) is 10.9 Å². The van der Waals surface area contributed by atoms with Crippen molar-refractivity contribution in [1.29, 1.82) is 0 Å². The monoisotopic (exact) mass is 217 g/mol. The second-order valence-electron chi connectivity index (χ2n) is 3.51. The molecule has 0 atom stereocenters. The minimum absolute atomic E-state index is 0.0983. The highest BCUT2D eigenvalue weighted by Gasteiger charge is 2.08. The van der Waals surface area contributed by atoms with Crippen molar-refractivity contribution in [3.63, 3.8) is 0 Å². The molecule has 0 aliphatic heterocycles. The average Bonchev–Trinajstić information content (AvgIpc) is 2.32. The summed E-state index contributed by atoms with van der Waals surface area (Å²) in [6.07, 6.45) is 1.70. The van der Waals surface area contributed by atoms with Gasteiger partial charge in [0.25, 0.3) is 0 Å². The van der Waals surface area contributed by atoms with Gasteiger partial charge in [-0.2, -0.15) is 0 Å². The molecule has 0 spiro atoms. The Kier molecular flexibility index (Phi) is 2.48. The van der Waals surface area contributed by atoms with E-state index in [2.05, 4.69) is 4.74 Å². The normalized spacial score (nSPS) is 10.4. The van der Waals surface area contributed by atoms with Crippen LogP contribution in [-0.2, 0) is 11.8 Å².